The van der Waals surface area contributed by atoms with E-state index in [-0.39, 0.29) is 0 Å². The molecule has 26 heavy (non-hydrogen) atoms. The van der Waals surface area contributed by atoms with Gasteiger partial charge in [0.1, 0.15) is 11.2 Å². The molecule has 0 radical (unpaired) electrons. The molecule has 1 N–H and O–H groups in total. The van der Waals surface area contributed by atoms with E-state index in [9.17, 15) is 4.79 Å². The SMILES string of the molecule is CC(C)(C)OC(=O)Nc1ccc2ncc(B3OC(C)(C)C(C)(C)O3)n2c1. The molecule has 3 rings (SSSR count). The van der Waals surface area contributed by atoms with Crippen LogP contribution in [-0.4, -0.2) is 39.4 Å². The molecule has 0 atom stereocenters. The van der Waals surface area contributed by atoms with Gasteiger partial charge in [-0.2, -0.15) is 0 Å². The van der Waals surface area contributed by atoms with E-state index in [4.69, 9.17) is 14.0 Å². The first-order valence-corrected chi connectivity index (χ1v) is 8.71. The Morgan fingerprint density at radius 3 is 2.38 bits per heavy atom. The number of anilines is 1. The Morgan fingerprint density at radius 1 is 1.19 bits per heavy atom. The lowest BCUT2D eigenvalue weighted by atomic mass is 9.85. The highest BCUT2D eigenvalue weighted by Crippen LogP contribution is 2.36. The lowest BCUT2D eigenvalue weighted by molar-refractivity contribution is 0.00578. The fraction of sp³-hybridized carbons (Fsp3) is 0.556. The zero-order chi connectivity index (χ0) is 19.3. The van der Waals surface area contributed by atoms with E-state index < -0.39 is 30.0 Å². The number of hydrogen-bond acceptors (Lipinski definition) is 5. The molecule has 1 aliphatic rings. The summed E-state index contributed by atoms with van der Waals surface area (Å²) in [7, 11) is -0.535. The monoisotopic (exact) mass is 359 g/mol. The van der Waals surface area contributed by atoms with Gasteiger partial charge in [-0.15, -0.1) is 0 Å². The van der Waals surface area contributed by atoms with Crippen molar-refractivity contribution in [1.29, 1.82) is 0 Å². The van der Waals surface area contributed by atoms with Gasteiger partial charge in [0.15, 0.2) is 0 Å². The lowest BCUT2D eigenvalue weighted by Gasteiger charge is -2.32. The van der Waals surface area contributed by atoms with Gasteiger partial charge in [0.25, 0.3) is 0 Å². The second-order valence-corrected chi connectivity index (χ2v) is 8.54. The molecule has 2 aromatic heterocycles. The van der Waals surface area contributed by atoms with Crippen LogP contribution in [0.3, 0.4) is 0 Å². The number of hydrogen-bond donors (Lipinski definition) is 1. The fourth-order valence-electron chi connectivity index (χ4n) is 2.63. The number of fused-ring (bicyclic) bond motifs is 1. The number of pyridine rings is 1. The highest BCUT2D eigenvalue weighted by molar-refractivity contribution is 6.61. The van der Waals surface area contributed by atoms with Crippen LogP contribution >= 0.6 is 0 Å². The minimum atomic E-state index is -0.558. The Morgan fingerprint density at radius 2 is 1.81 bits per heavy atom. The van der Waals surface area contributed by atoms with E-state index in [1.807, 2.05) is 58.9 Å². The molecule has 1 fully saturated rings. The molecular formula is C18H26BN3O4. The molecule has 7 nitrogen and oxygen atoms in total. The molecule has 1 saturated heterocycles. The Labute approximate surface area is 154 Å². The van der Waals surface area contributed by atoms with Crippen LogP contribution in [0.5, 0.6) is 0 Å². The van der Waals surface area contributed by atoms with Crippen LogP contribution in [0, 0.1) is 0 Å². The molecule has 0 unspecified atom stereocenters. The first kappa shape index (κ1) is 18.7. The number of imidazole rings is 1. The minimum Gasteiger partial charge on any atom is -0.444 e. The molecule has 1 amide bonds. The van der Waals surface area contributed by atoms with Crippen LogP contribution < -0.4 is 10.9 Å². The van der Waals surface area contributed by atoms with Crippen LogP contribution in [0.15, 0.2) is 24.5 Å². The molecule has 3 heterocycles. The van der Waals surface area contributed by atoms with Gasteiger partial charge in [0.2, 0.25) is 0 Å². The Balaban J connectivity index is 1.87. The van der Waals surface area contributed by atoms with Crippen molar-refractivity contribution >= 4 is 30.1 Å². The largest absolute Gasteiger partial charge is 0.514 e. The van der Waals surface area contributed by atoms with E-state index in [0.29, 0.717) is 5.69 Å². The second-order valence-electron chi connectivity index (χ2n) is 8.54. The zero-order valence-corrected chi connectivity index (χ0v) is 16.4. The Hall–Kier alpha value is -2.06. The minimum absolute atomic E-state index is 0.436. The summed E-state index contributed by atoms with van der Waals surface area (Å²) >= 11 is 0. The molecule has 2 aromatic rings. The van der Waals surface area contributed by atoms with Crippen molar-refractivity contribution in [1.82, 2.24) is 9.38 Å². The number of carbonyl (C=O) groups excluding carboxylic acids is 1. The van der Waals surface area contributed by atoms with Gasteiger partial charge < -0.3 is 18.4 Å². The van der Waals surface area contributed by atoms with Crippen LogP contribution in [0.2, 0.25) is 0 Å². The summed E-state index contributed by atoms with van der Waals surface area (Å²) in [5, 5.41) is 2.74. The highest BCUT2D eigenvalue weighted by Gasteiger charge is 2.52. The van der Waals surface area contributed by atoms with Gasteiger partial charge in [0.05, 0.1) is 22.5 Å². The summed E-state index contributed by atoms with van der Waals surface area (Å²) in [6, 6.07) is 3.60. The molecule has 0 spiro atoms. The van der Waals surface area contributed by atoms with E-state index in [1.165, 1.54) is 0 Å². The van der Waals surface area contributed by atoms with Gasteiger partial charge in [-0.1, -0.05) is 0 Å². The summed E-state index contributed by atoms with van der Waals surface area (Å²) in [6.45, 7) is 13.5. The number of carbonyl (C=O) groups is 1. The number of amides is 1. The van der Waals surface area contributed by atoms with Gasteiger partial charge in [0, 0.05) is 12.4 Å². The molecule has 0 aromatic carbocycles. The molecule has 0 aliphatic carbocycles. The number of nitrogens with one attached hydrogen (secondary N) is 1. The van der Waals surface area contributed by atoms with Gasteiger partial charge in [-0.3, -0.25) is 5.32 Å². The van der Waals surface area contributed by atoms with Crippen LogP contribution in [0.25, 0.3) is 5.65 Å². The molecule has 1 aliphatic heterocycles. The summed E-state index contributed by atoms with van der Waals surface area (Å²) in [5.41, 5.74) is 0.679. The Bertz CT molecular complexity index is 823. The van der Waals surface area contributed by atoms with Crippen molar-refractivity contribution in [3.05, 3.63) is 24.5 Å². The highest BCUT2D eigenvalue weighted by atomic mass is 16.7. The van der Waals surface area contributed by atoms with Crippen LogP contribution in [-0.2, 0) is 14.0 Å². The van der Waals surface area contributed by atoms with Crippen molar-refractivity contribution < 1.29 is 18.8 Å². The van der Waals surface area contributed by atoms with E-state index in [1.54, 1.807) is 18.5 Å². The topological polar surface area (TPSA) is 74.1 Å². The average molecular weight is 359 g/mol. The van der Waals surface area contributed by atoms with Crippen LogP contribution in [0.1, 0.15) is 48.5 Å². The van der Waals surface area contributed by atoms with Crippen molar-refractivity contribution in [2.24, 2.45) is 0 Å². The first-order valence-electron chi connectivity index (χ1n) is 8.71. The predicted molar refractivity (Wildman–Crippen MR) is 101 cm³/mol. The normalized spacial score (nSPS) is 19.0. The number of aromatic nitrogens is 2. The van der Waals surface area contributed by atoms with Crippen molar-refractivity contribution in [2.75, 3.05) is 5.32 Å². The zero-order valence-electron chi connectivity index (χ0n) is 16.4. The van der Waals surface area contributed by atoms with E-state index in [0.717, 1.165) is 11.2 Å². The third kappa shape index (κ3) is 3.57. The Kier molecular flexibility index (Phi) is 4.32. The standard InChI is InChI=1S/C18H26BN3O4/c1-16(2,3)24-15(23)21-12-8-9-14-20-10-13(22(14)11-12)19-25-17(4,5)18(6,7)26-19/h8-11H,1-7H3,(H,21,23). The summed E-state index contributed by atoms with van der Waals surface area (Å²) in [5.74, 6) is 0. The van der Waals surface area contributed by atoms with Crippen LogP contribution in [0.4, 0.5) is 10.5 Å². The third-order valence-corrected chi connectivity index (χ3v) is 4.67. The number of nitrogens with zero attached hydrogens (tertiary/aromatic N) is 2. The number of rotatable bonds is 2. The quantitative estimate of drug-likeness (QED) is 0.835. The van der Waals surface area contributed by atoms with Gasteiger partial charge in [-0.25, -0.2) is 9.78 Å². The van der Waals surface area contributed by atoms with Crippen molar-refractivity contribution in [3.63, 3.8) is 0 Å². The number of ether oxygens (including phenoxy) is 1. The molecule has 8 heteroatoms. The van der Waals surface area contributed by atoms with Gasteiger partial charge >= 0.3 is 13.2 Å². The van der Waals surface area contributed by atoms with Crippen molar-refractivity contribution in [3.8, 4) is 0 Å². The maximum Gasteiger partial charge on any atom is 0.514 e. The summed E-state index contributed by atoms with van der Waals surface area (Å²) in [4.78, 5) is 16.4. The molecule has 0 bridgehead atoms. The second kappa shape index (κ2) is 5.99. The van der Waals surface area contributed by atoms with E-state index >= 15 is 0 Å². The summed E-state index contributed by atoms with van der Waals surface area (Å²) in [6.07, 6.45) is 3.01. The first-order chi connectivity index (χ1) is 11.9. The predicted octanol–water partition coefficient (Wildman–Crippen LogP) is 2.98. The maximum atomic E-state index is 12.0. The fourth-order valence-corrected chi connectivity index (χ4v) is 2.63. The smallest absolute Gasteiger partial charge is 0.444 e. The average Bonchev–Trinajstić information content (AvgIpc) is 2.95. The molecule has 0 saturated carbocycles. The molecule has 140 valence electrons. The van der Waals surface area contributed by atoms with Crippen molar-refractivity contribution in [2.45, 2.75) is 65.3 Å². The lowest BCUT2D eigenvalue weighted by Crippen LogP contribution is -2.41. The van der Waals surface area contributed by atoms with E-state index in [2.05, 4.69) is 10.3 Å². The molecular weight excluding hydrogens is 333 g/mol. The third-order valence-electron chi connectivity index (χ3n) is 4.67. The van der Waals surface area contributed by atoms with Gasteiger partial charge in [-0.05, 0) is 60.6 Å². The maximum absolute atomic E-state index is 12.0. The summed E-state index contributed by atoms with van der Waals surface area (Å²) < 4.78 is 19.4.